The van der Waals surface area contributed by atoms with E-state index in [0.717, 1.165) is 17.1 Å². The van der Waals surface area contributed by atoms with Gasteiger partial charge in [0.2, 0.25) is 6.35 Å². The van der Waals surface area contributed by atoms with Gasteiger partial charge in [0.15, 0.2) is 0 Å². The zero-order valence-electron chi connectivity index (χ0n) is 11.0. The second-order valence-electron chi connectivity index (χ2n) is 5.06. The van der Waals surface area contributed by atoms with Crippen molar-refractivity contribution in [3.63, 3.8) is 0 Å². The molecule has 4 nitrogen and oxygen atoms in total. The van der Waals surface area contributed by atoms with E-state index in [9.17, 15) is 0 Å². The average molecular weight is 253 g/mol. The van der Waals surface area contributed by atoms with E-state index in [1.807, 2.05) is 43.0 Å². The maximum atomic E-state index is 9.01. The lowest BCUT2D eigenvalue weighted by atomic mass is 10.0. The first-order valence-corrected chi connectivity index (χ1v) is 6.17. The van der Waals surface area contributed by atoms with Gasteiger partial charge < -0.3 is 9.64 Å². The highest BCUT2D eigenvalue weighted by Crippen LogP contribution is 2.49. The van der Waals surface area contributed by atoms with E-state index in [1.165, 1.54) is 0 Å². The van der Waals surface area contributed by atoms with Gasteiger partial charge >= 0.3 is 0 Å². The lowest BCUT2D eigenvalue weighted by molar-refractivity contribution is 0.00242. The van der Waals surface area contributed by atoms with E-state index in [2.05, 4.69) is 17.5 Å². The summed E-state index contributed by atoms with van der Waals surface area (Å²) in [5.74, 6) is 0. The summed E-state index contributed by atoms with van der Waals surface area (Å²) in [6.07, 6.45) is 3.06. The Morgan fingerprint density at radius 3 is 2.68 bits per heavy atom. The molecular formula is C15H15N3O. The second-order valence-corrected chi connectivity index (χ2v) is 5.06. The highest BCUT2D eigenvalue weighted by Gasteiger charge is 2.50. The van der Waals surface area contributed by atoms with Crippen molar-refractivity contribution in [2.45, 2.75) is 25.8 Å². The van der Waals surface area contributed by atoms with Crippen LogP contribution in [0.15, 0.2) is 48.8 Å². The molecule has 1 saturated heterocycles. The van der Waals surface area contributed by atoms with Crippen molar-refractivity contribution in [2.24, 2.45) is 0 Å². The standard InChI is InChI=1S/C15H15N3O/c1-4-17-11-7-5-6-8-12(11)18-13(9-10-16)15(2,3)19-14(17)18/h4-9,14H,1H2,2-3H3/b13-9-. The molecule has 4 heteroatoms. The summed E-state index contributed by atoms with van der Waals surface area (Å²) in [4.78, 5) is 4.04. The number of fused-ring (bicyclic) bond motifs is 3. The van der Waals surface area contributed by atoms with Gasteiger partial charge in [0, 0.05) is 12.3 Å². The number of benzene rings is 1. The number of allylic oxidation sites excluding steroid dienone is 1. The van der Waals surface area contributed by atoms with Crippen molar-refractivity contribution >= 4 is 11.4 Å². The fourth-order valence-corrected chi connectivity index (χ4v) is 2.71. The molecule has 0 aromatic heterocycles. The van der Waals surface area contributed by atoms with Crippen molar-refractivity contribution in [2.75, 3.05) is 9.80 Å². The van der Waals surface area contributed by atoms with Crippen LogP contribution in [0.4, 0.5) is 11.4 Å². The minimum Gasteiger partial charge on any atom is -0.327 e. The number of nitrogens with zero attached hydrogens (tertiary/aromatic N) is 3. The summed E-state index contributed by atoms with van der Waals surface area (Å²) < 4.78 is 6.09. The average Bonchev–Trinajstić information content (AvgIpc) is 2.81. The highest BCUT2D eigenvalue weighted by molar-refractivity contribution is 5.81. The van der Waals surface area contributed by atoms with Crippen molar-refractivity contribution in [3.8, 4) is 6.07 Å². The van der Waals surface area contributed by atoms with Crippen LogP contribution in [-0.4, -0.2) is 12.0 Å². The van der Waals surface area contributed by atoms with Gasteiger partial charge in [-0.1, -0.05) is 18.7 Å². The number of ether oxygens (including phenoxy) is 1. The van der Waals surface area contributed by atoms with Crippen LogP contribution in [0.1, 0.15) is 13.8 Å². The van der Waals surface area contributed by atoms with Crippen LogP contribution < -0.4 is 9.80 Å². The van der Waals surface area contributed by atoms with E-state index in [-0.39, 0.29) is 6.35 Å². The monoisotopic (exact) mass is 253 g/mol. The molecule has 1 aromatic rings. The lowest BCUT2D eigenvalue weighted by Crippen LogP contribution is -2.36. The second kappa shape index (κ2) is 3.87. The van der Waals surface area contributed by atoms with Crippen molar-refractivity contribution in [1.82, 2.24) is 0 Å². The molecule has 1 aromatic carbocycles. The first kappa shape index (κ1) is 11.8. The summed E-state index contributed by atoms with van der Waals surface area (Å²) in [6, 6.07) is 10.1. The van der Waals surface area contributed by atoms with Crippen LogP contribution in [0.25, 0.3) is 0 Å². The minimum absolute atomic E-state index is 0.260. The third kappa shape index (κ3) is 1.49. The Morgan fingerprint density at radius 2 is 2.05 bits per heavy atom. The van der Waals surface area contributed by atoms with Gasteiger partial charge in [-0.15, -0.1) is 0 Å². The number of anilines is 2. The van der Waals surface area contributed by atoms with Crippen molar-refractivity contribution in [1.29, 1.82) is 5.26 Å². The topological polar surface area (TPSA) is 39.5 Å². The Balaban J connectivity index is 2.19. The number of rotatable bonds is 1. The van der Waals surface area contributed by atoms with Gasteiger partial charge in [0.05, 0.1) is 23.1 Å². The molecule has 1 atom stereocenters. The fraction of sp³-hybridized carbons (Fsp3) is 0.267. The van der Waals surface area contributed by atoms with Crippen LogP contribution in [0, 0.1) is 11.3 Å². The normalized spacial score (nSPS) is 25.1. The van der Waals surface area contributed by atoms with Gasteiger partial charge in [-0.3, -0.25) is 4.90 Å². The van der Waals surface area contributed by atoms with Crippen LogP contribution in [-0.2, 0) is 4.74 Å². The van der Waals surface area contributed by atoms with Crippen LogP contribution in [0.3, 0.4) is 0 Å². The smallest absolute Gasteiger partial charge is 0.219 e. The number of nitriles is 1. The highest BCUT2D eigenvalue weighted by atomic mass is 16.6. The molecule has 0 spiro atoms. The summed E-state index contributed by atoms with van der Waals surface area (Å²) in [6.45, 7) is 7.80. The number of hydrogen-bond donors (Lipinski definition) is 0. The molecule has 2 aliphatic rings. The predicted molar refractivity (Wildman–Crippen MR) is 74.2 cm³/mol. The Labute approximate surface area is 112 Å². The summed E-state index contributed by atoms with van der Waals surface area (Å²) in [5.41, 5.74) is 2.47. The Hall–Kier alpha value is -2.25. The minimum atomic E-state index is -0.491. The van der Waals surface area contributed by atoms with E-state index >= 15 is 0 Å². The molecule has 0 amide bonds. The van der Waals surface area contributed by atoms with Gasteiger partial charge in [0.25, 0.3) is 0 Å². The number of para-hydroxylation sites is 2. The molecule has 0 N–H and O–H groups in total. The zero-order chi connectivity index (χ0) is 13.6. The van der Waals surface area contributed by atoms with Crippen LogP contribution in [0.2, 0.25) is 0 Å². The first-order valence-electron chi connectivity index (χ1n) is 6.17. The Morgan fingerprint density at radius 1 is 1.37 bits per heavy atom. The Kier molecular flexibility index (Phi) is 2.41. The largest absolute Gasteiger partial charge is 0.327 e. The predicted octanol–water partition coefficient (Wildman–Crippen LogP) is 2.96. The van der Waals surface area contributed by atoms with E-state index in [0.29, 0.717) is 0 Å². The van der Waals surface area contributed by atoms with E-state index in [4.69, 9.17) is 10.00 Å². The molecule has 2 heterocycles. The first-order chi connectivity index (χ1) is 9.10. The van der Waals surface area contributed by atoms with Crippen molar-refractivity contribution in [3.05, 3.63) is 48.8 Å². The summed E-state index contributed by atoms with van der Waals surface area (Å²) in [7, 11) is 0. The zero-order valence-corrected chi connectivity index (χ0v) is 11.0. The van der Waals surface area contributed by atoms with Crippen LogP contribution in [0.5, 0.6) is 0 Å². The quantitative estimate of drug-likeness (QED) is 0.721. The molecule has 0 radical (unpaired) electrons. The van der Waals surface area contributed by atoms with Crippen molar-refractivity contribution < 1.29 is 4.74 Å². The van der Waals surface area contributed by atoms with Gasteiger partial charge in [-0.2, -0.15) is 5.26 Å². The molecule has 2 aliphatic heterocycles. The maximum Gasteiger partial charge on any atom is 0.219 e. The van der Waals surface area contributed by atoms with E-state index in [1.54, 1.807) is 12.3 Å². The van der Waals surface area contributed by atoms with Gasteiger partial charge in [-0.05, 0) is 26.0 Å². The molecule has 1 fully saturated rings. The fourth-order valence-electron chi connectivity index (χ4n) is 2.71. The van der Waals surface area contributed by atoms with Gasteiger partial charge in [0.1, 0.15) is 5.60 Å². The van der Waals surface area contributed by atoms with Gasteiger partial charge in [-0.25, -0.2) is 0 Å². The summed E-state index contributed by atoms with van der Waals surface area (Å²) >= 11 is 0. The lowest BCUT2D eigenvalue weighted by Gasteiger charge is -2.23. The molecule has 96 valence electrons. The third-order valence-corrected chi connectivity index (χ3v) is 3.55. The third-order valence-electron chi connectivity index (χ3n) is 3.55. The Bertz CT molecular complexity index is 612. The molecular weight excluding hydrogens is 238 g/mol. The maximum absolute atomic E-state index is 9.01. The summed E-state index contributed by atoms with van der Waals surface area (Å²) in [5, 5.41) is 9.01. The molecule has 3 rings (SSSR count). The molecule has 0 aliphatic carbocycles. The SMILES string of the molecule is C=CN1c2ccccc2N2/C(=C\C#N)C(C)(C)OC12. The molecule has 0 saturated carbocycles. The van der Waals surface area contributed by atoms with E-state index < -0.39 is 5.60 Å². The van der Waals surface area contributed by atoms with Crippen LogP contribution >= 0.6 is 0 Å². The molecule has 19 heavy (non-hydrogen) atoms. The number of hydrogen-bond acceptors (Lipinski definition) is 4. The molecule has 0 bridgehead atoms. The molecule has 1 unspecified atom stereocenters.